The molecule has 0 bridgehead atoms. The molecule has 1 aromatic rings. The van der Waals surface area contributed by atoms with Crippen LogP contribution in [0.1, 0.15) is 64.0 Å². The number of piperazine rings is 1. The fraction of sp³-hybridized carbons (Fsp3) is 0.720. The molecule has 0 radical (unpaired) electrons. The van der Waals surface area contributed by atoms with Crippen molar-refractivity contribution in [3.8, 4) is 0 Å². The quantitative estimate of drug-likeness (QED) is 0.198. The third kappa shape index (κ3) is 10.7. The third-order valence-corrected chi connectivity index (χ3v) is 7.87. The van der Waals surface area contributed by atoms with E-state index in [1.54, 1.807) is 13.8 Å². The summed E-state index contributed by atoms with van der Waals surface area (Å²) in [6.07, 6.45) is 1.02. The van der Waals surface area contributed by atoms with Crippen LogP contribution in [0.15, 0.2) is 24.3 Å². The van der Waals surface area contributed by atoms with Gasteiger partial charge in [0.2, 0.25) is 5.91 Å². The van der Waals surface area contributed by atoms with Gasteiger partial charge in [-0.3, -0.25) is 9.69 Å². The highest BCUT2D eigenvalue weighted by Gasteiger charge is 2.32. The number of aliphatic hydroxyl groups excluding tert-OH is 1. The van der Waals surface area contributed by atoms with E-state index in [4.69, 9.17) is 5.73 Å². The van der Waals surface area contributed by atoms with Gasteiger partial charge in [-0.15, -0.1) is 0 Å². The van der Waals surface area contributed by atoms with Crippen molar-refractivity contribution in [3.63, 3.8) is 0 Å². The number of nitrogens with zero attached hydrogens (tertiary/aromatic N) is 1. The number of hydrogen-bond donors (Lipinski definition) is 7. The molecule has 8 N–H and O–H groups in total. The van der Waals surface area contributed by atoms with Crippen LogP contribution in [0.25, 0.3) is 0 Å². The van der Waals surface area contributed by atoms with Crippen LogP contribution in [0, 0.1) is 11.8 Å². The number of rotatable bonds is 13. The molecule has 0 aliphatic carbocycles. The van der Waals surface area contributed by atoms with Crippen molar-refractivity contribution in [1.29, 1.82) is 0 Å². The smallest absolute Gasteiger partial charge is 0.223 e. The highest BCUT2D eigenvalue weighted by atomic mass is 32.3. The Kier molecular flexibility index (Phi) is 11.4. The largest absolute Gasteiger partial charge is 0.379 e. The summed E-state index contributed by atoms with van der Waals surface area (Å²) in [5.41, 5.74) is 7.21. The molecule has 2 rings (SSSR count). The van der Waals surface area contributed by atoms with E-state index < -0.39 is 22.6 Å². The summed E-state index contributed by atoms with van der Waals surface area (Å²) in [5, 5.41) is 16.3. The molecule has 1 amide bonds. The fourth-order valence-corrected chi connectivity index (χ4v) is 5.86. The predicted octanol–water partition coefficient (Wildman–Crippen LogP) is 3.01. The van der Waals surface area contributed by atoms with Gasteiger partial charge in [-0.05, 0) is 56.1 Å². The predicted molar refractivity (Wildman–Crippen MR) is 142 cm³/mol. The molecule has 9 nitrogen and oxygen atoms in total. The van der Waals surface area contributed by atoms with Crippen molar-refractivity contribution in [1.82, 2.24) is 15.5 Å². The van der Waals surface area contributed by atoms with E-state index in [9.17, 15) is 23.6 Å². The molecule has 1 saturated heterocycles. The van der Waals surface area contributed by atoms with Gasteiger partial charge in [-0.1, -0.05) is 38.1 Å². The van der Waals surface area contributed by atoms with Crippen LogP contribution in [0.4, 0.5) is 0 Å². The Bertz CT molecular complexity index is 779. The second-order valence-electron chi connectivity index (χ2n) is 10.6. The van der Waals surface area contributed by atoms with Crippen molar-refractivity contribution < 1.29 is 23.6 Å². The Hall–Kier alpha value is -1.24. The minimum Gasteiger partial charge on any atom is -0.379 e. The lowest BCUT2D eigenvalue weighted by Gasteiger charge is -2.34. The molecule has 0 spiro atoms. The lowest BCUT2D eigenvalue weighted by atomic mass is 9.81. The average molecular weight is 515 g/mol. The Morgan fingerprint density at radius 2 is 1.77 bits per heavy atom. The normalized spacial score (nSPS) is 19.6. The van der Waals surface area contributed by atoms with Crippen molar-refractivity contribution in [3.05, 3.63) is 35.4 Å². The van der Waals surface area contributed by atoms with E-state index in [0.29, 0.717) is 12.8 Å². The molecule has 202 valence electrons. The molecule has 0 saturated carbocycles. The lowest BCUT2D eigenvalue weighted by molar-refractivity contribution is -0.126. The Morgan fingerprint density at radius 1 is 1.17 bits per heavy atom. The van der Waals surface area contributed by atoms with Crippen molar-refractivity contribution in [2.24, 2.45) is 17.6 Å². The minimum absolute atomic E-state index is 0.0218. The van der Waals surface area contributed by atoms with Gasteiger partial charge in [-0.2, -0.15) is 0 Å². The SMILES string of the molecule is CCC(CC(CC(C)C(=O)NC(C)(C)CS(O)(O)O)c1ccc(CN2CCNCC2)cc1)C(N)O. The number of amides is 1. The van der Waals surface area contributed by atoms with Gasteiger partial charge in [0.05, 0.1) is 16.6 Å². The molecule has 1 aromatic carbocycles. The monoisotopic (exact) mass is 514 g/mol. The van der Waals surface area contributed by atoms with E-state index in [1.807, 2.05) is 13.8 Å². The number of aliphatic hydroxyl groups is 1. The number of hydrogen-bond acceptors (Lipinski definition) is 8. The molecule has 1 heterocycles. The summed E-state index contributed by atoms with van der Waals surface area (Å²) in [7, 11) is -3.73. The summed E-state index contributed by atoms with van der Waals surface area (Å²) in [6.45, 7) is 12.1. The molecule has 4 atom stereocenters. The standard InChI is InChI=1S/C25H46N4O5S/c1-5-20(23(26)30)15-22(14-18(2)24(31)28-25(3,4)17-35(32,33)34)21-8-6-19(7-9-21)16-29-12-10-27-11-13-29/h6-9,18,20,22-23,27,30,32-34H,5,10-17,26H2,1-4H3,(H,28,31). The molecule has 10 heteroatoms. The van der Waals surface area contributed by atoms with E-state index in [0.717, 1.165) is 44.7 Å². The average Bonchev–Trinajstić information content (AvgIpc) is 2.75. The van der Waals surface area contributed by atoms with Crippen LogP contribution in [0.2, 0.25) is 0 Å². The molecule has 0 aromatic heterocycles. The second-order valence-corrected chi connectivity index (χ2v) is 12.2. The zero-order valence-electron chi connectivity index (χ0n) is 21.6. The second kappa shape index (κ2) is 13.3. The number of carbonyl (C=O) groups is 1. The molecular formula is C25H46N4O5S. The number of carbonyl (C=O) groups excluding carboxylic acids is 1. The maximum absolute atomic E-state index is 12.9. The van der Waals surface area contributed by atoms with E-state index in [-0.39, 0.29) is 29.4 Å². The van der Waals surface area contributed by atoms with Gasteiger partial charge in [0, 0.05) is 44.2 Å². The maximum atomic E-state index is 12.9. The number of nitrogens with one attached hydrogen (secondary N) is 2. The Morgan fingerprint density at radius 3 is 2.29 bits per heavy atom. The zero-order valence-corrected chi connectivity index (χ0v) is 22.4. The van der Waals surface area contributed by atoms with Crippen LogP contribution in [0.3, 0.4) is 0 Å². The van der Waals surface area contributed by atoms with E-state index in [2.05, 4.69) is 39.8 Å². The Labute approximate surface area is 212 Å². The van der Waals surface area contributed by atoms with E-state index in [1.165, 1.54) is 5.56 Å². The van der Waals surface area contributed by atoms with Gasteiger partial charge in [0.25, 0.3) is 0 Å². The van der Waals surface area contributed by atoms with Crippen LogP contribution >= 0.6 is 10.9 Å². The molecule has 4 unspecified atom stereocenters. The van der Waals surface area contributed by atoms with Gasteiger partial charge in [0.15, 0.2) is 0 Å². The van der Waals surface area contributed by atoms with Crippen molar-refractivity contribution in [2.75, 3.05) is 31.9 Å². The number of benzene rings is 1. The summed E-state index contributed by atoms with van der Waals surface area (Å²) < 4.78 is 28.2. The highest BCUT2D eigenvalue weighted by Crippen LogP contribution is 2.37. The van der Waals surface area contributed by atoms with Gasteiger partial charge < -0.3 is 35.1 Å². The van der Waals surface area contributed by atoms with E-state index >= 15 is 0 Å². The molecule has 1 aliphatic rings. The first-order valence-electron chi connectivity index (χ1n) is 12.6. The van der Waals surface area contributed by atoms with Crippen molar-refractivity contribution >= 4 is 16.8 Å². The summed E-state index contributed by atoms with van der Waals surface area (Å²) in [4.78, 5) is 15.4. The minimum atomic E-state index is -3.73. The zero-order chi connectivity index (χ0) is 26.2. The van der Waals surface area contributed by atoms with Crippen LogP contribution < -0.4 is 16.4 Å². The lowest BCUT2D eigenvalue weighted by Crippen LogP contribution is -2.49. The topological polar surface area (TPSA) is 151 Å². The third-order valence-electron chi connectivity index (χ3n) is 6.76. The van der Waals surface area contributed by atoms with Gasteiger partial charge in [0.1, 0.15) is 6.23 Å². The summed E-state index contributed by atoms with van der Waals surface area (Å²) in [5.74, 6) is -0.996. The molecule has 35 heavy (non-hydrogen) atoms. The van der Waals surface area contributed by atoms with Crippen LogP contribution in [-0.2, 0) is 11.3 Å². The van der Waals surface area contributed by atoms with Crippen LogP contribution in [0.5, 0.6) is 0 Å². The Balaban J connectivity index is 2.12. The summed E-state index contributed by atoms with van der Waals surface area (Å²) >= 11 is 0. The first-order valence-corrected chi connectivity index (χ1v) is 14.2. The first-order chi connectivity index (χ1) is 16.3. The molecule has 1 fully saturated rings. The van der Waals surface area contributed by atoms with Crippen LogP contribution in [-0.4, -0.2) is 73.3 Å². The number of nitrogens with two attached hydrogens (primary N) is 1. The first kappa shape index (κ1) is 30.0. The fourth-order valence-electron chi connectivity index (χ4n) is 4.81. The van der Waals surface area contributed by atoms with Crippen molar-refractivity contribution in [2.45, 2.75) is 71.2 Å². The summed E-state index contributed by atoms with van der Waals surface area (Å²) in [6, 6.07) is 8.52. The highest BCUT2D eigenvalue weighted by molar-refractivity contribution is 8.19. The van der Waals surface area contributed by atoms with Gasteiger partial charge in [-0.25, -0.2) is 0 Å². The van der Waals surface area contributed by atoms with Gasteiger partial charge >= 0.3 is 0 Å². The molecule has 1 aliphatic heterocycles. The molecular weight excluding hydrogens is 468 g/mol. The maximum Gasteiger partial charge on any atom is 0.223 e.